The van der Waals surface area contributed by atoms with Crippen molar-refractivity contribution in [2.45, 2.75) is 111 Å². The number of azide groups is 1. The number of ketones is 1. The summed E-state index contributed by atoms with van der Waals surface area (Å²) in [6.07, 6.45) is 6.33. The molecule has 2 aliphatic carbocycles. The van der Waals surface area contributed by atoms with Gasteiger partial charge in [-0.25, -0.2) is 4.79 Å². The molecule has 1 unspecified atom stereocenters. The molecule has 1 aliphatic heterocycles. The second kappa shape index (κ2) is 21.7. The Morgan fingerprint density at radius 3 is 2.13 bits per heavy atom. The fraction of sp³-hybridized carbons (Fsp3) is 0.744. The van der Waals surface area contributed by atoms with E-state index in [0.29, 0.717) is 31.2 Å². The molecule has 5 atom stereocenters. The third kappa shape index (κ3) is 14.3. The van der Waals surface area contributed by atoms with Crippen LogP contribution < -0.4 is 5.32 Å². The van der Waals surface area contributed by atoms with Crippen LogP contribution in [-0.4, -0.2) is 175 Å². The van der Waals surface area contributed by atoms with Crippen LogP contribution in [0.5, 0.6) is 0 Å². The second-order valence-electron chi connectivity index (χ2n) is 18.4. The molecule has 6 amide bonds. The van der Waals surface area contributed by atoms with Crippen molar-refractivity contribution in [3.05, 3.63) is 33.7 Å². The standard InChI is InChI=1S/C43H70N10O8/c1-28(45-9)38(57)49(11)29(2)39(58)50(12)30(3)40(59)52(18-14-13-17-48(10)41(60)61-42(4,5)6)26-36(55)51(19-15-16-46-47-44)25-37(56)53-24-34(54)23-33(43(7,8)27-53)21-31-20-32-22-35(31)32/h21-22,28-32,45H,13-20,23-27H2,1-12H3/b33-21-/t28-,29?,30-,31-,32+/m0/s1. The van der Waals surface area contributed by atoms with E-state index >= 15 is 0 Å². The van der Waals surface area contributed by atoms with E-state index < -0.39 is 65.4 Å². The minimum absolute atomic E-state index is 0.0391. The molecule has 61 heavy (non-hydrogen) atoms. The zero-order valence-corrected chi connectivity index (χ0v) is 38.5. The Morgan fingerprint density at radius 1 is 0.951 bits per heavy atom. The Bertz CT molecular complexity index is 1770. The first-order valence-electron chi connectivity index (χ1n) is 21.4. The van der Waals surface area contributed by atoms with E-state index in [1.165, 1.54) is 49.1 Å². The van der Waals surface area contributed by atoms with E-state index in [0.717, 1.165) is 12.0 Å². The number of nitrogens with one attached hydrogen (secondary N) is 1. The Kier molecular flexibility index (Phi) is 17.9. The van der Waals surface area contributed by atoms with Crippen LogP contribution in [0, 0.1) is 17.3 Å². The Labute approximate surface area is 361 Å². The summed E-state index contributed by atoms with van der Waals surface area (Å²) in [6, 6.07) is -2.49. The fourth-order valence-electron chi connectivity index (χ4n) is 7.51. The normalized spacial score (nSPS) is 20.0. The van der Waals surface area contributed by atoms with Crippen molar-refractivity contribution in [3.63, 3.8) is 0 Å². The van der Waals surface area contributed by atoms with Gasteiger partial charge in [-0.3, -0.25) is 28.8 Å². The first-order chi connectivity index (χ1) is 28.4. The van der Waals surface area contributed by atoms with Crippen molar-refractivity contribution < 1.29 is 38.3 Å². The summed E-state index contributed by atoms with van der Waals surface area (Å²) < 4.78 is 5.45. The summed E-state index contributed by atoms with van der Waals surface area (Å²) >= 11 is 0. The van der Waals surface area contributed by atoms with Gasteiger partial charge in [0.25, 0.3) is 0 Å². The molecular weight excluding hydrogens is 785 g/mol. The molecule has 340 valence electrons. The number of nitrogens with zero attached hydrogens (tertiary/aromatic N) is 9. The van der Waals surface area contributed by atoms with E-state index in [1.807, 2.05) is 13.8 Å². The zero-order valence-electron chi connectivity index (χ0n) is 38.5. The highest BCUT2D eigenvalue weighted by atomic mass is 16.6. The van der Waals surface area contributed by atoms with Gasteiger partial charge in [0.15, 0.2) is 5.78 Å². The minimum Gasteiger partial charge on any atom is -0.444 e. The summed E-state index contributed by atoms with van der Waals surface area (Å²) in [5, 5.41) is 6.45. The first kappa shape index (κ1) is 50.4. The molecule has 0 aromatic rings. The molecular formula is C43H70N10O8. The van der Waals surface area contributed by atoms with Crippen LogP contribution >= 0.6 is 0 Å². The number of fused-ring (bicyclic) bond motifs is 1. The maximum atomic E-state index is 14.3. The molecule has 3 aliphatic rings. The SMILES string of the molecule is CN[C@@H](C)C(=O)N(C)C(C)C(=O)N(C)[C@@H](C)C(=O)N(CCCCN(C)C(=O)OC(C)(C)C)CC(=O)N(CCCN=[N+]=[N-])CC(=O)N1CC(=O)C/C(=C/[C@@H]2C[C@@H]3C=C23)C(C)(C)C1. The van der Waals surface area contributed by atoms with Crippen LogP contribution in [0.1, 0.15) is 87.5 Å². The van der Waals surface area contributed by atoms with Crippen molar-refractivity contribution in [3.8, 4) is 0 Å². The van der Waals surface area contributed by atoms with Gasteiger partial charge in [0.2, 0.25) is 29.5 Å². The van der Waals surface area contributed by atoms with Crippen molar-refractivity contribution in [2.75, 3.05) is 80.5 Å². The van der Waals surface area contributed by atoms with Crippen LogP contribution in [0.4, 0.5) is 4.79 Å². The van der Waals surface area contributed by atoms with E-state index in [2.05, 4.69) is 27.5 Å². The average Bonchev–Trinajstić information content (AvgIpc) is 3.89. The third-order valence-electron chi connectivity index (χ3n) is 11.9. The summed E-state index contributed by atoms with van der Waals surface area (Å²) in [4.78, 5) is 106. The second-order valence-corrected chi connectivity index (χ2v) is 18.4. The number of carbonyl (C=O) groups is 7. The lowest BCUT2D eigenvalue weighted by atomic mass is 9.76. The highest BCUT2D eigenvalue weighted by molar-refractivity contribution is 5.95. The van der Waals surface area contributed by atoms with Gasteiger partial charge in [0.05, 0.1) is 25.7 Å². The van der Waals surface area contributed by atoms with Crippen molar-refractivity contribution in [1.82, 2.24) is 34.7 Å². The molecule has 2 fully saturated rings. The Morgan fingerprint density at radius 2 is 1.56 bits per heavy atom. The summed E-state index contributed by atoms with van der Waals surface area (Å²) in [6.45, 7) is 14.0. The van der Waals surface area contributed by atoms with E-state index in [1.54, 1.807) is 55.6 Å². The molecule has 0 radical (unpaired) electrons. The number of likely N-dealkylation sites (N-methyl/N-ethyl adjacent to an activating group) is 3. The van der Waals surface area contributed by atoms with Crippen molar-refractivity contribution in [1.29, 1.82) is 0 Å². The van der Waals surface area contributed by atoms with Gasteiger partial charge in [0, 0.05) is 70.6 Å². The molecule has 1 saturated heterocycles. The molecule has 0 spiro atoms. The van der Waals surface area contributed by atoms with Crippen LogP contribution in [0.2, 0.25) is 0 Å². The maximum Gasteiger partial charge on any atom is 0.410 e. The lowest BCUT2D eigenvalue weighted by Crippen LogP contribution is -2.56. The smallest absolute Gasteiger partial charge is 0.410 e. The van der Waals surface area contributed by atoms with Gasteiger partial charge in [-0.2, -0.15) is 0 Å². The van der Waals surface area contributed by atoms with Crippen molar-refractivity contribution in [2.24, 2.45) is 22.4 Å². The number of allylic oxidation sites excluding steroid dienone is 3. The van der Waals surface area contributed by atoms with Crippen LogP contribution in [0.3, 0.4) is 0 Å². The molecule has 1 heterocycles. The third-order valence-corrected chi connectivity index (χ3v) is 11.9. The lowest BCUT2D eigenvalue weighted by molar-refractivity contribution is -0.151. The largest absolute Gasteiger partial charge is 0.444 e. The number of ether oxygens (including phenoxy) is 1. The molecule has 0 bridgehead atoms. The number of hydrogen-bond acceptors (Lipinski definition) is 10. The highest BCUT2D eigenvalue weighted by Crippen LogP contribution is 2.54. The maximum absolute atomic E-state index is 14.3. The quantitative estimate of drug-likeness (QED) is 0.0623. The van der Waals surface area contributed by atoms with Gasteiger partial charge >= 0.3 is 6.09 Å². The number of likely N-dealkylation sites (tertiary alicyclic amines) is 1. The Hall–Kier alpha value is -4.96. The number of hydrogen-bond donors (Lipinski definition) is 1. The van der Waals surface area contributed by atoms with Gasteiger partial charge in [-0.15, -0.1) is 0 Å². The summed E-state index contributed by atoms with van der Waals surface area (Å²) in [5.74, 6) is -1.42. The minimum atomic E-state index is -1.05. The highest BCUT2D eigenvalue weighted by Gasteiger charge is 2.44. The summed E-state index contributed by atoms with van der Waals surface area (Å²) in [5.41, 5.74) is 10.2. The first-order valence-corrected chi connectivity index (χ1v) is 21.4. The topological polar surface area (TPSA) is 209 Å². The van der Waals surface area contributed by atoms with Crippen LogP contribution in [0.25, 0.3) is 10.4 Å². The van der Waals surface area contributed by atoms with Crippen LogP contribution in [0.15, 0.2) is 28.4 Å². The van der Waals surface area contributed by atoms with E-state index in [4.69, 9.17) is 10.3 Å². The number of carbonyl (C=O) groups excluding carboxylic acids is 7. The summed E-state index contributed by atoms with van der Waals surface area (Å²) in [7, 11) is 6.23. The molecule has 1 N–H and O–H groups in total. The predicted molar refractivity (Wildman–Crippen MR) is 231 cm³/mol. The zero-order chi connectivity index (χ0) is 46.0. The predicted octanol–water partition coefficient (Wildman–Crippen LogP) is 3.62. The molecule has 1 saturated carbocycles. The van der Waals surface area contributed by atoms with Gasteiger partial charge in [-0.1, -0.05) is 42.3 Å². The lowest BCUT2D eigenvalue weighted by Gasteiger charge is -2.35. The molecule has 3 rings (SSSR count). The molecule has 0 aromatic carbocycles. The average molecular weight is 855 g/mol. The van der Waals surface area contributed by atoms with Crippen LogP contribution in [-0.2, 0) is 33.5 Å². The van der Waals surface area contributed by atoms with Gasteiger partial charge < -0.3 is 39.5 Å². The number of Topliss-reactive ketones (excluding diaryl/α,β-unsaturated/α-hetero) is 1. The number of unbranched alkanes of at least 4 members (excludes halogenated alkanes) is 1. The van der Waals surface area contributed by atoms with Gasteiger partial charge in [0.1, 0.15) is 17.7 Å². The molecule has 18 nitrogen and oxygen atoms in total. The van der Waals surface area contributed by atoms with Crippen molar-refractivity contribution >= 4 is 41.4 Å². The molecule has 18 heteroatoms. The fourth-order valence-corrected chi connectivity index (χ4v) is 7.51. The monoisotopic (exact) mass is 855 g/mol. The van der Waals surface area contributed by atoms with E-state index in [-0.39, 0.29) is 63.8 Å². The van der Waals surface area contributed by atoms with E-state index in [9.17, 15) is 33.6 Å². The van der Waals surface area contributed by atoms with Gasteiger partial charge in [-0.05, 0) is 91.6 Å². The molecule has 0 aromatic heterocycles. The number of amides is 6. The Balaban J connectivity index is 1.83. The number of rotatable bonds is 20.